The lowest BCUT2D eigenvalue weighted by Gasteiger charge is -2.09. The number of hydrogen-bond acceptors (Lipinski definition) is 11. The van der Waals surface area contributed by atoms with Crippen LogP contribution in [0.2, 0.25) is 0 Å². The number of aryl methyl sites for hydroxylation is 1. The van der Waals surface area contributed by atoms with Gasteiger partial charge in [-0.05, 0) is 37.0 Å². The molecule has 34 heavy (non-hydrogen) atoms. The Morgan fingerprint density at radius 3 is 2.47 bits per heavy atom. The lowest BCUT2D eigenvalue weighted by molar-refractivity contribution is -0.113. The van der Waals surface area contributed by atoms with Crippen molar-refractivity contribution in [2.45, 2.75) is 24.5 Å². The van der Waals surface area contributed by atoms with Crippen LogP contribution < -0.4 is 14.8 Å². The van der Waals surface area contributed by atoms with Crippen molar-refractivity contribution in [2.24, 2.45) is 0 Å². The number of benzene rings is 1. The van der Waals surface area contributed by atoms with Gasteiger partial charge >= 0.3 is 11.2 Å². The Balaban J connectivity index is 1.56. The third-order valence-corrected chi connectivity index (χ3v) is 7.75. The largest absolute Gasteiger partial charge is 0.496 e. The molecule has 4 rings (SSSR count). The number of carbonyl (C=O) groups is 2. The van der Waals surface area contributed by atoms with Crippen molar-refractivity contribution in [3.63, 3.8) is 0 Å². The van der Waals surface area contributed by atoms with Crippen molar-refractivity contribution in [2.75, 3.05) is 32.4 Å². The van der Waals surface area contributed by atoms with Crippen LogP contribution in [0.5, 0.6) is 11.5 Å². The zero-order valence-electron chi connectivity index (χ0n) is 18.5. The van der Waals surface area contributed by atoms with E-state index in [1.807, 2.05) is 0 Å². The Kier molecular flexibility index (Phi) is 6.57. The van der Waals surface area contributed by atoms with Gasteiger partial charge in [-0.2, -0.15) is 0 Å². The maximum absolute atomic E-state index is 12.8. The number of nitrogens with zero attached hydrogens (tertiary/aromatic N) is 2. The summed E-state index contributed by atoms with van der Waals surface area (Å²) in [5.41, 5.74) is 1.39. The molecule has 1 amide bonds. The fraction of sp³-hybridized carbons (Fsp3) is 0.333. The molecule has 0 bridgehead atoms. The highest BCUT2D eigenvalue weighted by Gasteiger charge is 2.31. The molecule has 0 radical (unpaired) electrons. The number of hydrogen-bond donors (Lipinski definition) is 1. The molecule has 0 fully saturated rings. The molecule has 1 aromatic carbocycles. The van der Waals surface area contributed by atoms with E-state index in [-0.39, 0.29) is 22.0 Å². The van der Waals surface area contributed by atoms with Crippen LogP contribution in [0.4, 0.5) is 5.00 Å². The van der Waals surface area contributed by atoms with E-state index in [0.717, 1.165) is 23.3 Å². The van der Waals surface area contributed by atoms with Crippen LogP contribution in [0, 0.1) is 0 Å². The quantitative estimate of drug-likeness (QED) is 0.451. The Hall–Kier alpha value is -3.45. The van der Waals surface area contributed by atoms with Crippen LogP contribution in [0.1, 0.15) is 27.2 Å². The fourth-order valence-electron chi connectivity index (χ4n) is 3.71. The van der Waals surface area contributed by atoms with E-state index in [1.54, 1.807) is 18.2 Å². The minimum atomic E-state index is -4.28. The number of esters is 1. The van der Waals surface area contributed by atoms with E-state index in [2.05, 4.69) is 15.5 Å². The Labute approximate surface area is 199 Å². The van der Waals surface area contributed by atoms with Crippen LogP contribution in [0.3, 0.4) is 0 Å². The number of ether oxygens (including phenoxy) is 3. The Morgan fingerprint density at radius 2 is 1.82 bits per heavy atom. The fourth-order valence-corrected chi connectivity index (χ4v) is 5.91. The average molecular weight is 508 g/mol. The zero-order chi connectivity index (χ0) is 24.5. The maximum atomic E-state index is 12.8. The topological polar surface area (TPSA) is 147 Å². The van der Waals surface area contributed by atoms with E-state index in [0.29, 0.717) is 17.9 Å². The number of amides is 1. The minimum absolute atomic E-state index is 0.143. The predicted octanol–water partition coefficient (Wildman–Crippen LogP) is 2.50. The summed E-state index contributed by atoms with van der Waals surface area (Å²) in [5.74, 6) is -1.85. The summed E-state index contributed by atoms with van der Waals surface area (Å²) in [6.07, 6.45) is 2.39. The number of carbonyl (C=O) groups excluding carboxylic acids is 2. The highest BCUT2D eigenvalue weighted by molar-refractivity contribution is 7.91. The lowest BCUT2D eigenvalue weighted by atomic mass is 10.1. The van der Waals surface area contributed by atoms with Crippen molar-refractivity contribution >= 4 is 38.1 Å². The number of thiophene rings is 1. The van der Waals surface area contributed by atoms with Gasteiger partial charge in [0.2, 0.25) is 15.7 Å². The SMILES string of the molecule is COC(=O)c1c(NC(=O)CS(=O)(=O)c2nnc(-c3c(OC)cccc3OC)o2)sc2c1CCC2. The summed E-state index contributed by atoms with van der Waals surface area (Å²) >= 11 is 1.25. The average Bonchev–Trinajstić information content (AvgIpc) is 3.54. The molecule has 1 N–H and O–H groups in total. The smallest absolute Gasteiger partial charge is 0.341 e. The third-order valence-electron chi connectivity index (χ3n) is 5.20. The Bertz CT molecular complexity index is 1340. The first-order valence-electron chi connectivity index (χ1n) is 10.1. The van der Waals surface area contributed by atoms with Crippen molar-refractivity contribution in [1.82, 2.24) is 10.2 Å². The van der Waals surface area contributed by atoms with Gasteiger partial charge in [-0.1, -0.05) is 11.2 Å². The summed E-state index contributed by atoms with van der Waals surface area (Å²) < 4.78 is 46.4. The second kappa shape index (κ2) is 9.43. The molecule has 180 valence electrons. The van der Waals surface area contributed by atoms with Gasteiger partial charge in [-0.25, -0.2) is 13.2 Å². The van der Waals surface area contributed by atoms with Gasteiger partial charge in [-0.15, -0.1) is 16.4 Å². The molecule has 0 saturated heterocycles. The lowest BCUT2D eigenvalue weighted by Crippen LogP contribution is -2.24. The van der Waals surface area contributed by atoms with Gasteiger partial charge in [0, 0.05) is 4.88 Å². The van der Waals surface area contributed by atoms with Gasteiger partial charge < -0.3 is 23.9 Å². The molecule has 2 heterocycles. The van der Waals surface area contributed by atoms with Gasteiger partial charge in [0.05, 0.1) is 26.9 Å². The van der Waals surface area contributed by atoms with Crippen LogP contribution in [-0.4, -0.2) is 57.6 Å². The number of sulfone groups is 1. The van der Waals surface area contributed by atoms with E-state index in [1.165, 1.54) is 32.7 Å². The van der Waals surface area contributed by atoms with E-state index in [9.17, 15) is 18.0 Å². The first-order valence-corrected chi connectivity index (χ1v) is 12.6. The number of aromatic nitrogens is 2. The van der Waals surface area contributed by atoms with Crippen molar-refractivity contribution < 1.29 is 36.6 Å². The highest BCUT2D eigenvalue weighted by Crippen LogP contribution is 2.40. The molecule has 3 aromatic rings. The van der Waals surface area contributed by atoms with Crippen molar-refractivity contribution in [1.29, 1.82) is 0 Å². The van der Waals surface area contributed by atoms with E-state index >= 15 is 0 Å². The van der Waals surface area contributed by atoms with Crippen molar-refractivity contribution in [3.8, 4) is 23.0 Å². The molecule has 2 aromatic heterocycles. The number of anilines is 1. The van der Waals surface area contributed by atoms with Crippen LogP contribution >= 0.6 is 11.3 Å². The van der Waals surface area contributed by atoms with Crippen LogP contribution in [-0.2, 0) is 32.2 Å². The second-order valence-corrected chi connectivity index (χ2v) is 10.2. The molecule has 0 saturated carbocycles. The van der Waals surface area contributed by atoms with Gasteiger partial charge in [0.1, 0.15) is 27.8 Å². The molecular formula is C21H21N3O8S2. The summed E-state index contributed by atoms with van der Waals surface area (Å²) in [6, 6.07) is 4.93. The van der Waals surface area contributed by atoms with Gasteiger partial charge in [0.25, 0.3) is 5.89 Å². The first-order chi connectivity index (χ1) is 16.3. The van der Waals surface area contributed by atoms with E-state index < -0.39 is 32.7 Å². The number of rotatable bonds is 8. The molecule has 11 nitrogen and oxygen atoms in total. The molecule has 1 aliphatic carbocycles. The minimum Gasteiger partial charge on any atom is -0.496 e. The predicted molar refractivity (Wildman–Crippen MR) is 121 cm³/mol. The van der Waals surface area contributed by atoms with Crippen LogP contribution in [0.25, 0.3) is 11.5 Å². The molecule has 0 atom stereocenters. The molecule has 0 aliphatic heterocycles. The number of fused-ring (bicyclic) bond motifs is 1. The summed E-state index contributed by atoms with van der Waals surface area (Å²) in [7, 11) is -0.173. The first kappa shape index (κ1) is 23.7. The van der Waals surface area contributed by atoms with E-state index in [4.69, 9.17) is 18.6 Å². The van der Waals surface area contributed by atoms with Gasteiger partial charge in [0.15, 0.2) is 0 Å². The summed E-state index contributed by atoms with van der Waals surface area (Å²) in [4.78, 5) is 25.8. The third kappa shape index (κ3) is 4.35. The molecule has 13 heteroatoms. The highest BCUT2D eigenvalue weighted by atomic mass is 32.2. The monoisotopic (exact) mass is 507 g/mol. The number of nitrogens with one attached hydrogen (secondary N) is 1. The molecule has 0 unspecified atom stereocenters. The standard InChI is InChI=1S/C21H21N3O8S2/c1-29-12-7-5-8-13(30-2)17(12)18-23-24-21(32-18)34(27,28)10-15(25)22-19-16(20(26)31-3)11-6-4-9-14(11)33-19/h5,7-8H,4,6,9-10H2,1-3H3,(H,22,25). The second-order valence-electron chi connectivity index (χ2n) is 7.27. The normalized spacial score (nSPS) is 12.8. The Morgan fingerprint density at radius 1 is 1.12 bits per heavy atom. The van der Waals surface area contributed by atoms with Crippen LogP contribution in [0.15, 0.2) is 27.8 Å². The van der Waals surface area contributed by atoms with Gasteiger partial charge in [-0.3, -0.25) is 4.79 Å². The molecule has 0 spiro atoms. The maximum Gasteiger partial charge on any atom is 0.341 e. The zero-order valence-corrected chi connectivity index (χ0v) is 20.2. The summed E-state index contributed by atoms with van der Waals surface area (Å²) in [6.45, 7) is 0. The van der Waals surface area contributed by atoms with Crippen molar-refractivity contribution in [3.05, 3.63) is 34.2 Å². The molecule has 1 aliphatic rings. The molecular weight excluding hydrogens is 486 g/mol. The number of methoxy groups -OCH3 is 3. The summed E-state index contributed by atoms with van der Waals surface area (Å²) in [5, 5.41) is 9.47.